The molecule has 3 heteroatoms. The van der Waals surface area contributed by atoms with E-state index in [2.05, 4.69) is 33.0 Å². The van der Waals surface area contributed by atoms with E-state index in [1.54, 1.807) is 0 Å². The van der Waals surface area contributed by atoms with Crippen molar-refractivity contribution in [3.8, 4) is 0 Å². The zero-order valence-electron chi connectivity index (χ0n) is 10.7. The highest BCUT2D eigenvalue weighted by Crippen LogP contribution is 2.06. The molecule has 0 aliphatic heterocycles. The summed E-state index contributed by atoms with van der Waals surface area (Å²) in [6.07, 6.45) is 4.47. The Balaban J connectivity index is 3.97. The van der Waals surface area contributed by atoms with E-state index in [0.29, 0.717) is 11.3 Å². The van der Waals surface area contributed by atoms with E-state index in [1.165, 1.54) is 6.42 Å². The van der Waals surface area contributed by atoms with Crippen molar-refractivity contribution in [2.75, 3.05) is 12.3 Å². The Labute approximate surface area is 97.7 Å². The van der Waals surface area contributed by atoms with Crippen LogP contribution in [-0.4, -0.2) is 27.8 Å². The van der Waals surface area contributed by atoms with Gasteiger partial charge in [-0.15, -0.1) is 0 Å². The summed E-state index contributed by atoms with van der Waals surface area (Å²) in [5.41, 5.74) is 0. The lowest BCUT2D eigenvalue weighted by Gasteiger charge is -2.19. The molecule has 3 unspecified atom stereocenters. The monoisotopic (exact) mass is 233 g/mol. The van der Waals surface area contributed by atoms with Crippen molar-refractivity contribution in [3.63, 3.8) is 0 Å². The van der Waals surface area contributed by atoms with E-state index in [0.717, 1.165) is 31.6 Å². The van der Waals surface area contributed by atoms with Crippen molar-refractivity contribution in [3.05, 3.63) is 0 Å². The summed E-state index contributed by atoms with van der Waals surface area (Å²) in [6.45, 7) is 9.59. The van der Waals surface area contributed by atoms with Crippen molar-refractivity contribution < 1.29 is 4.21 Å². The molecule has 0 spiro atoms. The van der Waals surface area contributed by atoms with Gasteiger partial charge in [0.15, 0.2) is 0 Å². The summed E-state index contributed by atoms with van der Waals surface area (Å²) in [5.74, 6) is 0.822. The molecule has 0 radical (unpaired) electrons. The topological polar surface area (TPSA) is 29.1 Å². The van der Waals surface area contributed by atoms with E-state index in [1.807, 2.05) is 0 Å². The first kappa shape index (κ1) is 15.1. The second-order valence-corrected chi connectivity index (χ2v) is 6.11. The van der Waals surface area contributed by atoms with Crippen molar-refractivity contribution >= 4 is 10.8 Å². The summed E-state index contributed by atoms with van der Waals surface area (Å²) in [6, 6.07) is 0.449. The summed E-state index contributed by atoms with van der Waals surface area (Å²) in [4.78, 5) is 0. The Morgan fingerprint density at radius 1 is 1.20 bits per heavy atom. The Bertz CT molecular complexity index is 173. The Morgan fingerprint density at radius 2 is 1.87 bits per heavy atom. The minimum atomic E-state index is -0.662. The van der Waals surface area contributed by atoms with Crippen LogP contribution >= 0.6 is 0 Å². The summed E-state index contributed by atoms with van der Waals surface area (Å²) >= 11 is 0. The summed E-state index contributed by atoms with van der Waals surface area (Å²) < 4.78 is 11.9. The predicted octanol–water partition coefficient (Wildman–Crippen LogP) is 2.70. The fourth-order valence-electron chi connectivity index (χ4n) is 1.49. The molecule has 0 bridgehead atoms. The van der Waals surface area contributed by atoms with Crippen LogP contribution in [0.15, 0.2) is 0 Å². The standard InChI is InChI=1S/C12H27NOS/c1-5-8-12(13-9-6-2)10-15(14)11(4)7-3/h11-13H,5-10H2,1-4H3. The molecule has 0 aromatic rings. The maximum Gasteiger partial charge on any atom is 0.0391 e. The molecular weight excluding hydrogens is 206 g/mol. The van der Waals surface area contributed by atoms with Crippen molar-refractivity contribution in [1.29, 1.82) is 0 Å². The van der Waals surface area contributed by atoms with Crippen LogP contribution < -0.4 is 5.32 Å². The molecule has 0 aromatic heterocycles. The van der Waals surface area contributed by atoms with Crippen molar-refractivity contribution in [2.24, 2.45) is 0 Å². The van der Waals surface area contributed by atoms with Crippen molar-refractivity contribution in [2.45, 2.75) is 64.7 Å². The molecule has 0 amide bonds. The number of rotatable bonds is 9. The fourth-order valence-corrected chi connectivity index (χ4v) is 2.87. The van der Waals surface area contributed by atoms with Gasteiger partial charge in [0.1, 0.15) is 0 Å². The molecule has 0 saturated carbocycles. The van der Waals surface area contributed by atoms with Crippen LogP contribution in [0.5, 0.6) is 0 Å². The molecule has 0 heterocycles. The van der Waals surface area contributed by atoms with Gasteiger partial charge in [0.05, 0.1) is 0 Å². The van der Waals surface area contributed by atoms with Crippen molar-refractivity contribution in [1.82, 2.24) is 5.32 Å². The van der Waals surface area contributed by atoms with Gasteiger partial charge in [0.2, 0.25) is 0 Å². The number of hydrogen-bond acceptors (Lipinski definition) is 2. The lowest BCUT2D eigenvalue weighted by Crippen LogP contribution is -2.36. The van der Waals surface area contributed by atoms with Gasteiger partial charge in [-0.1, -0.05) is 34.1 Å². The normalized spacial score (nSPS) is 17.3. The van der Waals surface area contributed by atoms with Gasteiger partial charge in [0, 0.05) is 27.8 Å². The average molecular weight is 233 g/mol. The summed E-state index contributed by atoms with van der Waals surface area (Å²) in [7, 11) is -0.662. The molecule has 92 valence electrons. The smallest absolute Gasteiger partial charge is 0.0391 e. The molecule has 0 rings (SSSR count). The van der Waals surface area contributed by atoms with Crippen LogP contribution in [0.4, 0.5) is 0 Å². The second kappa shape index (κ2) is 9.34. The first-order chi connectivity index (χ1) is 7.15. The molecule has 0 aliphatic carbocycles. The molecular formula is C12H27NOS. The van der Waals surface area contributed by atoms with Gasteiger partial charge in [-0.3, -0.25) is 4.21 Å². The van der Waals surface area contributed by atoms with Crippen LogP contribution in [-0.2, 0) is 10.8 Å². The first-order valence-corrected chi connectivity index (χ1v) is 7.64. The number of hydrogen-bond donors (Lipinski definition) is 1. The third-order valence-electron chi connectivity index (χ3n) is 2.71. The van der Waals surface area contributed by atoms with Crippen LogP contribution in [0, 0.1) is 0 Å². The third kappa shape index (κ3) is 7.07. The van der Waals surface area contributed by atoms with Gasteiger partial charge in [-0.05, 0) is 25.8 Å². The summed E-state index contributed by atoms with van der Waals surface area (Å²) in [5, 5.41) is 3.83. The SMILES string of the molecule is CCCNC(CCC)CS(=O)C(C)CC. The zero-order chi connectivity index (χ0) is 11.7. The lowest BCUT2D eigenvalue weighted by molar-refractivity contribution is 0.509. The van der Waals surface area contributed by atoms with Gasteiger partial charge in [-0.2, -0.15) is 0 Å². The average Bonchev–Trinajstić information content (AvgIpc) is 2.24. The minimum Gasteiger partial charge on any atom is -0.313 e. The Kier molecular flexibility index (Phi) is 9.41. The maximum atomic E-state index is 11.9. The van der Waals surface area contributed by atoms with Crippen LogP contribution in [0.25, 0.3) is 0 Å². The quantitative estimate of drug-likeness (QED) is 0.663. The number of nitrogens with one attached hydrogen (secondary N) is 1. The molecule has 15 heavy (non-hydrogen) atoms. The highest BCUT2D eigenvalue weighted by Gasteiger charge is 2.14. The molecule has 0 saturated heterocycles. The largest absolute Gasteiger partial charge is 0.313 e. The molecule has 0 aliphatic rings. The predicted molar refractivity (Wildman–Crippen MR) is 69.8 cm³/mol. The van der Waals surface area contributed by atoms with E-state index in [9.17, 15) is 4.21 Å². The Morgan fingerprint density at radius 3 is 2.33 bits per heavy atom. The van der Waals surface area contributed by atoms with E-state index in [4.69, 9.17) is 0 Å². The first-order valence-electron chi connectivity index (χ1n) is 6.26. The van der Waals surface area contributed by atoms with Gasteiger partial charge < -0.3 is 5.32 Å². The van der Waals surface area contributed by atoms with E-state index < -0.39 is 10.8 Å². The molecule has 0 fully saturated rings. The van der Waals surface area contributed by atoms with Gasteiger partial charge >= 0.3 is 0 Å². The lowest BCUT2D eigenvalue weighted by atomic mass is 10.2. The minimum absolute atomic E-state index is 0.341. The highest BCUT2D eigenvalue weighted by molar-refractivity contribution is 7.85. The Hall–Kier alpha value is 0.110. The molecule has 0 aromatic carbocycles. The molecule has 2 nitrogen and oxygen atoms in total. The van der Waals surface area contributed by atoms with Gasteiger partial charge in [-0.25, -0.2) is 0 Å². The van der Waals surface area contributed by atoms with E-state index in [-0.39, 0.29) is 0 Å². The van der Waals surface area contributed by atoms with Gasteiger partial charge in [0.25, 0.3) is 0 Å². The molecule has 1 N–H and O–H groups in total. The maximum absolute atomic E-state index is 11.9. The van der Waals surface area contributed by atoms with Crippen LogP contribution in [0.3, 0.4) is 0 Å². The van der Waals surface area contributed by atoms with E-state index >= 15 is 0 Å². The fraction of sp³-hybridized carbons (Fsp3) is 1.00. The zero-order valence-corrected chi connectivity index (χ0v) is 11.5. The highest BCUT2D eigenvalue weighted by atomic mass is 32.2. The third-order valence-corrected chi connectivity index (χ3v) is 4.67. The van der Waals surface area contributed by atoms with Crippen LogP contribution in [0.1, 0.15) is 53.4 Å². The second-order valence-electron chi connectivity index (χ2n) is 4.21. The molecule has 3 atom stereocenters. The van der Waals surface area contributed by atoms with Crippen LogP contribution in [0.2, 0.25) is 0 Å².